The highest BCUT2D eigenvalue weighted by molar-refractivity contribution is 6.62. The first-order chi connectivity index (χ1) is 19.2. The quantitative estimate of drug-likeness (QED) is 0.120. The summed E-state index contributed by atoms with van der Waals surface area (Å²) in [6.07, 6.45) is 18.7. The molecule has 1 aliphatic heterocycles. The molecule has 0 radical (unpaired) electrons. The molecule has 0 amide bonds. The van der Waals surface area contributed by atoms with Gasteiger partial charge in [-0.2, -0.15) is 0 Å². The molecule has 4 rings (SSSR count). The standard InChI is InChI=1S/C36H53BO3/c1-7-9-11-13-15-17-23-36(24-18-16-14-12-10-8-2)32-25-28(27-38)19-21-30(32)31-22-20-29(26-33(31)36)37-39-34(3,4)35(5,6)40-37/h19-22,25-27H,7-18,23-24H2,1-6H3. The average molecular weight is 545 g/mol. The van der Waals surface area contributed by atoms with Gasteiger partial charge in [0.15, 0.2) is 0 Å². The highest BCUT2D eigenvalue weighted by Crippen LogP contribution is 2.54. The minimum absolute atomic E-state index is 0.0706. The molecular weight excluding hydrogens is 491 g/mol. The zero-order chi connectivity index (χ0) is 28.8. The molecule has 1 aliphatic carbocycles. The number of carbonyl (C=O) groups excluding carboxylic acids is 1. The molecule has 40 heavy (non-hydrogen) atoms. The maximum Gasteiger partial charge on any atom is 0.494 e. The van der Waals surface area contributed by atoms with Gasteiger partial charge in [0.05, 0.1) is 11.2 Å². The first-order valence-corrected chi connectivity index (χ1v) is 16.3. The smallest absolute Gasteiger partial charge is 0.399 e. The maximum absolute atomic E-state index is 11.9. The van der Waals surface area contributed by atoms with Gasteiger partial charge in [0.1, 0.15) is 6.29 Å². The third-order valence-corrected chi connectivity index (χ3v) is 9.98. The SMILES string of the molecule is CCCCCCCCC1(CCCCCCCC)c2cc(C=O)ccc2-c2ccc(B3OC(C)(C)C(C)(C)O3)cc21. The predicted octanol–water partition coefficient (Wildman–Crippen LogP) is 9.57. The molecule has 0 aromatic heterocycles. The Bertz CT molecular complexity index is 1100. The Labute approximate surface area is 245 Å². The third-order valence-electron chi connectivity index (χ3n) is 9.98. The van der Waals surface area contributed by atoms with Gasteiger partial charge in [-0.1, -0.05) is 121 Å². The Balaban J connectivity index is 1.70. The minimum atomic E-state index is -0.370. The molecule has 0 spiro atoms. The fourth-order valence-electron chi connectivity index (χ4n) is 6.81. The lowest BCUT2D eigenvalue weighted by atomic mass is 9.68. The van der Waals surface area contributed by atoms with Crippen LogP contribution in [0.2, 0.25) is 0 Å². The van der Waals surface area contributed by atoms with E-state index in [4.69, 9.17) is 9.31 Å². The van der Waals surface area contributed by atoms with Gasteiger partial charge < -0.3 is 9.31 Å². The summed E-state index contributed by atoms with van der Waals surface area (Å²) in [6, 6.07) is 13.3. The van der Waals surface area contributed by atoms with Crippen LogP contribution in [0, 0.1) is 0 Å². The molecule has 2 aliphatic rings. The van der Waals surface area contributed by atoms with E-state index in [-0.39, 0.29) is 23.7 Å². The van der Waals surface area contributed by atoms with E-state index in [1.165, 1.54) is 99.3 Å². The summed E-state index contributed by atoms with van der Waals surface area (Å²) >= 11 is 0. The lowest BCUT2D eigenvalue weighted by Gasteiger charge is -2.33. The van der Waals surface area contributed by atoms with Crippen molar-refractivity contribution in [3.8, 4) is 11.1 Å². The van der Waals surface area contributed by atoms with E-state index in [9.17, 15) is 4.79 Å². The predicted molar refractivity (Wildman–Crippen MR) is 170 cm³/mol. The second-order valence-corrected chi connectivity index (χ2v) is 13.4. The van der Waals surface area contributed by atoms with Crippen LogP contribution in [0.15, 0.2) is 36.4 Å². The molecule has 0 saturated carbocycles. The molecule has 4 heteroatoms. The van der Waals surface area contributed by atoms with Crippen LogP contribution in [0.3, 0.4) is 0 Å². The summed E-state index contributed by atoms with van der Waals surface area (Å²) in [6.45, 7) is 13.1. The number of hydrogen-bond donors (Lipinski definition) is 0. The molecule has 3 nitrogen and oxygen atoms in total. The monoisotopic (exact) mass is 544 g/mol. The molecule has 2 aromatic rings. The Morgan fingerprint density at radius 1 is 0.650 bits per heavy atom. The number of unbranched alkanes of at least 4 members (excludes halogenated alkanes) is 10. The van der Waals surface area contributed by atoms with E-state index in [1.807, 2.05) is 6.07 Å². The van der Waals surface area contributed by atoms with E-state index < -0.39 is 0 Å². The molecule has 1 heterocycles. The van der Waals surface area contributed by atoms with Gasteiger partial charge in [-0.25, -0.2) is 0 Å². The van der Waals surface area contributed by atoms with Crippen molar-refractivity contribution in [2.24, 2.45) is 0 Å². The van der Waals surface area contributed by atoms with Crippen LogP contribution in [0.5, 0.6) is 0 Å². The number of fused-ring (bicyclic) bond motifs is 3. The van der Waals surface area contributed by atoms with Gasteiger partial charge in [0.25, 0.3) is 0 Å². The maximum atomic E-state index is 11.9. The lowest BCUT2D eigenvalue weighted by Crippen LogP contribution is -2.41. The molecule has 218 valence electrons. The summed E-state index contributed by atoms with van der Waals surface area (Å²) in [7, 11) is -0.370. The Kier molecular flexibility index (Phi) is 10.4. The number of carbonyl (C=O) groups is 1. The zero-order valence-electron chi connectivity index (χ0n) is 26.2. The van der Waals surface area contributed by atoms with Gasteiger partial charge in [-0.3, -0.25) is 4.79 Å². The van der Waals surface area contributed by atoms with Gasteiger partial charge in [0, 0.05) is 11.0 Å². The van der Waals surface area contributed by atoms with E-state index >= 15 is 0 Å². The Hall–Kier alpha value is -1.91. The second kappa shape index (κ2) is 13.4. The molecule has 1 fully saturated rings. The van der Waals surface area contributed by atoms with E-state index in [1.54, 1.807) is 0 Å². The van der Waals surface area contributed by atoms with Gasteiger partial charge >= 0.3 is 7.12 Å². The van der Waals surface area contributed by atoms with Gasteiger partial charge in [-0.05, 0) is 74.3 Å². The summed E-state index contributed by atoms with van der Waals surface area (Å²) in [5, 5.41) is 0. The molecule has 0 unspecified atom stereocenters. The third kappa shape index (κ3) is 6.44. The minimum Gasteiger partial charge on any atom is -0.399 e. The second-order valence-electron chi connectivity index (χ2n) is 13.4. The first kappa shape index (κ1) is 31.0. The molecule has 0 N–H and O–H groups in total. The number of benzene rings is 2. The number of hydrogen-bond acceptors (Lipinski definition) is 3. The number of aldehydes is 1. The van der Waals surface area contributed by atoms with Crippen LogP contribution < -0.4 is 5.46 Å². The Morgan fingerprint density at radius 3 is 1.65 bits per heavy atom. The van der Waals surface area contributed by atoms with Crippen molar-refractivity contribution in [1.29, 1.82) is 0 Å². The van der Waals surface area contributed by atoms with Crippen LogP contribution in [0.25, 0.3) is 11.1 Å². The van der Waals surface area contributed by atoms with E-state index in [0.717, 1.165) is 30.2 Å². The highest BCUT2D eigenvalue weighted by atomic mass is 16.7. The van der Waals surface area contributed by atoms with E-state index in [2.05, 4.69) is 71.9 Å². The van der Waals surface area contributed by atoms with Crippen molar-refractivity contribution in [3.05, 3.63) is 53.1 Å². The van der Waals surface area contributed by atoms with Gasteiger partial charge in [0.2, 0.25) is 0 Å². The summed E-state index contributed by atoms with van der Waals surface area (Å²) in [5.74, 6) is 0. The topological polar surface area (TPSA) is 35.5 Å². The van der Waals surface area contributed by atoms with Crippen LogP contribution in [0.1, 0.15) is 153 Å². The normalized spacial score (nSPS) is 18.1. The molecule has 0 atom stereocenters. The van der Waals surface area contributed by atoms with Crippen LogP contribution >= 0.6 is 0 Å². The van der Waals surface area contributed by atoms with Crippen LogP contribution in [-0.2, 0) is 14.7 Å². The fourth-order valence-corrected chi connectivity index (χ4v) is 6.81. The largest absolute Gasteiger partial charge is 0.494 e. The fraction of sp³-hybridized carbons (Fsp3) is 0.639. The molecule has 0 bridgehead atoms. The van der Waals surface area contributed by atoms with Crippen molar-refractivity contribution in [3.63, 3.8) is 0 Å². The van der Waals surface area contributed by atoms with Crippen molar-refractivity contribution in [2.75, 3.05) is 0 Å². The molecule has 1 saturated heterocycles. The zero-order valence-corrected chi connectivity index (χ0v) is 26.2. The van der Waals surface area contributed by atoms with Crippen molar-refractivity contribution in [2.45, 2.75) is 148 Å². The Morgan fingerprint density at radius 2 is 1.12 bits per heavy atom. The highest BCUT2D eigenvalue weighted by Gasteiger charge is 2.52. The molecular formula is C36H53BO3. The van der Waals surface area contributed by atoms with Crippen LogP contribution in [0.4, 0.5) is 0 Å². The first-order valence-electron chi connectivity index (χ1n) is 16.3. The number of rotatable bonds is 16. The van der Waals surface area contributed by atoms with Crippen molar-refractivity contribution in [1.82, 2.24) is 0 Å². The van der Waals surface area contributed by atoms with Crippen LogP contribution in [-0.4, -0.2) is 24.6 Å². The van der Waals surface area contributed by atoms with Gasteiger partial charge in [-0.15, -0.1) is 0 Å². The summed E-state index contributed by atoms with van der Waals surface area (Å²) in [4.78, 5) is 11.9. The summed E-state index contributed by atoms with van der Waals surface area (Å²) in [5.41, 5.74) is 6.49. The van der Waals surface area contributed by atoms with E-state index in [0.29, 0.717) is 0 Å². The lowest BCUT2D eigenvalue weighted by molar-refractivity contribution is 0.00578. The van der Waals surface area contributed by atoms with Crippen molar-refractivity contribution >= 4 is 18.9 Å². The average Bonchev–Trinajstić information content (AvgIpc) is 3.33. The molecule has 2 aromatic carbocycles. The summed E-state index contributed by atoms with van der Waals surface area (Å²) < 4.78 is 13.0. The van der Waals surface area contributed by atoms with Crippen molar-refractivity contribution < 1.29 is 14.1 Å².